The van der Waals surface area contributed by atoms with E-state index in [0.717, 1.165) is 23.3 Å². The van der Waals surface area contributed by atoms with E-state index < -0.39 is 0 Å². The maximum atomic E-state index is 5.43. The first-order valence-corrected chi connectivity index (χ1v) is 7.01. The monoisotopic (exact) mass is 247 g/mol. The van der Waals surface area contributed by atoms with E-state index in [9.17, 15) is 0 Å². The van der Waals surface area contributed by atoms with Crippen LogP contribution in [0.1, 0.15) is 38.7 Å². The van der Waals surface area contributed by atoms with Crippen molar-refractivity contribution in [1.29, 1.82) is 0 Å². The molecule has 0 spiro atoms. The highest BCUT2D eigenvalue weighted by Gasteiger charge is 2.24. The lowest BCUT2D eigenvalue weighted by atomic mass is 9.79. The van der Waals surface area contributed by atoms with Gasteiger partial charge >= 0.3 is 0 Å². The van der Waals surface area contributed by atoms with Crippen molar-refractivity contribution >= 4 is 5.69 Å². The third-order valence-electron chi connectivity index (χ3n) is 4.31. The minimum atomic E-state index is 0.590. The fourth-order valence-corrected chi connectivity index (χ4v) is 2.83. The molecule has 0 heterocycles. The largest absolute Gasteiger partial charge is 0.495 e. The number of aryl methyl sites for hydroxylation is 1. The van der Waals surface area contributed by atoms with Crippen molar-refractivity contribution in [2.45, 2.75) is 46.1 Å². The zero-order valence-electron chi connectivity index (χ0n) is 12.0. The molecule has 3 unspecified atom stereocenters. The fraction of sp³-hybridized carbons (Fsp3) is 0.625. The third kappa shape index (κ3) is 2.98. The number of methoxy groups -OCH3 is 1. The Morgan fingerprint density at radius 3 is 2.61 bits per heavy atom. The van der Waals surface area contributed by atoms with Crippen LogP contribution in [0.2, 0.25) is 0 Å². The van der Waals surface area contributed by atoms with Crippen molar-refractivity contribution in [3.05, 3.63) is 23.8 Å². The number of nitrogens with one attached hydrogen (secondary N) is 1. The van der Waals surface area contributed by atoms with Gasteiger partial charge in [-0.15, -0.1) is 0 Å². The summed E-state index contributed by atoms with van der Waals surface area (Å²) in [5.41, 5.74) is 2.42. The highest BCUT2D eigenvalue weighted by atomic mass is 16.5. The SMILES string of the molecule is COc1ccc(C)cc1NC1CCC(C)C(C)C1. The van der Waals surface area contributed by atoms with Crippen molar-refractivity contribution in [2.24, 2.45) is 11.8 Å². The molecule has 18 heavy (non-hydrogen) atoms. The predicted octanol–water partition coefficient (Wildman–Crippen LogP) is 4.24. The summed E-state index contributed by atoms with van der Waals surface area (Å²) in [7, 11) is 1.74. The van der Waals surface area contributed by atoms with Crippen LogP contribution < -0.4 is 10.1 Å². The molecule has 1 fully saturated rings. The van der Waals surface area contributed by atoms with Crippen LogP contribution in [-0.2, 0) is 0 Å². The summed E-state index contributed by atoms with van der Waals surface area (Å²) in [4.78, 5) is 0. The second kappa shape index (κ2) is 5.64. The minimum absolute atomic E-state index is 0.590. The molecule has 1 saturated carbocycles. The van der Waals surface area contributed by atoms with Gasteiger partial charge in [0.15, 0.2) is 0 Å². The first-order chi connectivity index (χ1) is 8.60. The van der Waals surface area contributed by atoms with Gasteiger partial charge in [-0.1, -0.05) is 19.9 Å². The van der Waals surface area contributed by atoms with Crippen LogP contribution in [0.15, 0.2) is 18.2 Å². The van der Waals surface area contributed by atoms with Gasteiger partial charge in [-0.3, -0.25) is 0 Å². The fourth-order valence-electron chi connectivity index (χ4n) is 2.83. The summed E-state index contributed by atoms with van der Waals surface area (Å²) < 4.78 is 5.43. The molecular formula is C16H25NO. The molecule has 2 nitrogen and oxygen atoms in total. The molecule has 0 saturated heterocycles. The van der Waals surface area contributed by atoms with Gasteiger partial charge in [0, 0.05) is 6.04 Å². The maximum Gasteiger partial charge on any atom is 0.141 e. The standard InChI is InChI=1S/C16H25NO/c1-11-5-8-16(18-4)15(9-11)17-14-7-6-12(2)13(3)10-14/h5,8-9,12-14,17H,6-7,10H2,1-4H3. The molecule has 1 aromatic carbocycles. The van der Waals surface area contributed by atoms with Crippen LogP contribution >= 0.6 is 0 Å². The molecule has 2 heteroatoms. The summed E-state index contributed by atoms with van der Waals surface area (Å²) in [6.45, 7) is 6.86. The summed E-state index contributed by atoms with van der Waals surface area (Å²) in [5, 5.41) is 3.67. The van der Waals surface area contributed by atoms with E-state index >= 15 is 0 Å². The lowest BCUT2D eigenvalue weighted by molar-refractivity contribution is 0.260. The van der Waals surface area contributed by atoms with Crippen molar-refractivity contribution < 1.29 is 4.74 Å². The van der Waals surface area contributed by atoms with Crippen LogP contribution in [0.5, 0.6) is 5.75 Å². The highest BCUT2D eigenvalue weighted by molar-refractivity contribution is 5.58. The summed E-state index contributed by atoms with van der Waals surface area (Å²) in [6, 6.07) is 6.91. The van der Waals surface area contributed by atoms with Gasteiger partial charge in [0.25, 0.3) is 0 Å². The Hall–Kier alpha value is -1.18. The molecule has 1 aliphatic carbocycles. The van der Waals surface area contributed by atoms with Crippen molar-refractivity contribution in [3.8, 4) is 5.75 Å². The van der Waals surface area contributed by atoms with Gasteiger partial charge in [0.05, 0.1) is 12.8 Å². The van der Waals surface area contributed by atoms with E-state index in [1.165, 1.54) is 24.8 Å². The zero-order chi connectivity index (χ0) is 13.1. The molecule has 0 aliphatic heterocycles. The quantitative estimate of drug-likeness (QED) is 0.862. The normalized spacial score (nSPS) is 27.9. The smallest absolute Gasteiger partial charge is 0.141 e. The van der Waals surface area contributed by atoms with Crippen LogP contribution in [0.3, 0.4) is 0 Å². The Balaban J connectivity index is 2.07. The third-order valence-corrected chi connectivity index (χ3v) is 4.31. The molecule has 100 valence electrons. The average molecular weight is 247 g/mol. The number of hydrogen-bond acceptors (Lipinski definition) is 2. The summed E-state index contributed by atoms with van der Waals surface area (Å²) in [5.74, 6) is 2.63. The predicted molar refractivity (Wildman–Crippen MR) is 77.3 cm³/mol. The van der Waals surface area contributed by atoms with Crippen molar-refractivity contribution in [1.82, 2.24) is 0 Å². The Morgan fingerprint density at radius 1 is 1.17 bits per heavy atom. The van der Waals surface area contributed by atoms with E-state index in [-0.39, 0.29) is 0 Å². The van der Waals surface area contributed by atoms with E-state index in [4.69, 9.17) is 4.74 Å². The summed E-state index contributed by atoms with van der Waals surface area (Å²) >= 11 is 0. The minimum Gasteiger partial charge on any atom is -0.495 e. The Labute approximate surface area is 111 Å². The number of anilines is 1. The first kappa shape index (κ1) is 13.3. The van der Waals surface area contributed by atoms with Gasteiger partial charge in [-0.2, -0.15) is 0 Å². The zero-order valence-corrected chi connectivity index (χ0v) is 12.0. The van der Waals surface area contributed by atoms with Crippen molar-refractivity contribution in [2.75, 3.05) is 12.4 Å². The number of benzene rings is 1. The topological polar surface area (TPSA) is 21.3 Å². The van der Waals surface area contributed by atoms with Gasteiger partial charge in [0.2, 0.25) is 0 Å². The number of hydrogen-bond donors (Lipinski definition) is 1. The van der Waals surface area contributed by atoms with E-state index in [1.807, 2.05) is 6.07 Å². The van der Waals surface area contributed by atoms with E-state index in [2.05, 4.69) is 38.2 Å². The molecule has 2 rings (SSSR count). The first-order valence-electron chi connectivity index (χ1n) is 7.01. The molecular weight excluding hydrogens is 222 g/mol. The molecule has 3 atom stereocenters. The second-order valence-electron chi connectivity index (χ2n) is 5.81. The van der Waals surface area contributed by atoms with E-state index in [1.54, 1.807) is 7.11 Å². The molecule has 0 bridgehead atoms. The molecule has 0 aromatic heterocycles. The Bertz CT molecular complexity index is 402. The average Bonchev–Trinajstić information content (AvgIpc) is 2.34. The van der Waals surface area contributed by atoms with Crippen LogP contribution in [0, 0.1) is 18.8 Å². The van der Waals surface area contributed by atoms with Crippen LogP contribution in [-0.4, -0.2) is 13.2 Å². The van der Waals surface area contributed by atoms with Crippen LogP contribution in [0.25, 0.3) is 0 Å². The Morgan fingerprint density at radius 2 is 1.94 bits per heavy atom. The number of ether oxygens (including phenoxy) is 1. The molecule has 1 N–H and O–H groups in total. The van der Waals surface area contributed by atoms with Gasteiger partial charge in [0.1, 0.15) is 5.75 Å². The Kier molecular flexibility index (Phi) is 4.15. The lowest BCUT2D eigenvalue weighted by Gasteiger charge is -2.33. The van der Waals surface area contributed by atoms with E-state index in [0.29, 0.717) is 6.04 Å². The lowest BCUT2D eigenvalue weighted by Crippen LogP contribution is -2.30. The molecule has 1 aromatic rings. The van der Waals surface area contributed by atoms with Gasteiger partial charge in [-0.05, 0) is 55.7 Å². The molecule has 0 amide bonds. The molecule has 0 radical (unpaired) electrons. The van der Waals surface area contributed by atoms with Crippen LogP contribution in [0.4, 0.5) is 5.69 Å². The van der Waals surface area contributed by atoms with Crippen molar-refractivity contribution in [3.63, 3.8) is 0 Å². The van der Waals surface area contributed by atoms with Gasteiger partial charge in [-0.25, -0.2) is 0 Å². The number of rotatable bonds is 3. The molecule has 1 aliphatic rings. The summed E-state index contributed by atoms with van der Waals surface area (Å²) in [6.07, 6.45) is 3.85. The maximum absolute atomic E-state index is 5.43. The highest BCUT2D eigenvalue weighted by Crippen LogP contribution is 2.33. The van der Waals surface area contributed by atoms with Gasteiger partial charge < -0.3 is 10.1 Å². The second-order valence-corrected chi connectivity index (χ2v) is 5.81.